The van der Waals surface area contributed by atoms with Crippen LogP contribution < -0.4 is 0 Å². The molecule has 2 aromatic carbocycles. The van der Waals surface area contributed by atoms with Crippen molar-refractivity contribution in [3.63, 3.8) is 0 Å². The molecule has 4 rings (SSSR count). The minimum Gasteiger partial charge on any atom is -0.334 e. The molecule has 6 heteroatoms. The van der Waals surface area contributed by atoms with Gasteiger partial charge in [-0.3, -0.25) is 4.79 Å². The molecule has 0 spiro atoms. The molecule has 1 amide bonds. The molecule has 0 aromatic heterocycles. The quantitative estimate of drug-likeness (QED) is 0.817. The average Bonchev–Trinajstić information content (AvgIpc) is 3.23. The SMILES string of the molecule is Cc1ccc(S(=O)(=O)N2CCCC2)cc1C(=O)N1CCc2ccccc2C1. The van der Waals surface area contributed by atoms with E-state index in [1.54, 1.807) is 18.2 Å². The van der Waals surface area contributed by atoms with Gasteiger partial charge in [0.25, 0.3) is 5.91 Å². The smallest absolute Gasteiger partial charge is 0.254 e. The first kappa shape index (κ1) is 18.2. The lowest BCUT2D eigenvalue weighted by Gasteiger charge is -2.29. The van der Waals surface area contributed by atoms with Crippen LogP contribution in [0.1, 0.15) is 39.9 Å². The van der Waals surface area contributed by atoms with Crippen molar-refractivity contribution in [1.82, 2.24) is 9.21 Å². The fraction of sp³-hybridized carbons (Fsp3) is 0.381. The topological polar surface area (TPSA) is 57.7 Å². The number of rotatable bonds is 3. The summed E-state index contributed by atoms with van der Waals surface area (Å²) in [6, 6.07) is 13.1. The number of fused-ring (bicyclic) bond motifs is 1. The van der Waals surface area contributed by atoms with E-state index in [1.165, 1.54) is 9.87 Å². The van der Waals surface area contributed by atoms with Crippen LogP contribution in [-0.4, -0.2) is 43.2 Å². The van der Waals surface area contributed by atoms with E-state index in [9.17, 15) is 13.2 Å². The zero-order valence-corrected chi connectivity index (χ0v) is 16.3. The third-order valence-electron chi connectivity index (χ3n) is 5.56. The van der Waals surface area contributed by atoms with Crippen LogP contribution in [0.25, 0.3) is 0 Å². The van der Waals surface area contributed by atoms with Crippen LogP contribution in [0.4, 0.5) is 0 Å². The molecule has 1 fully saturated rings. The van der Waals surface area contributed by atoms with Gasteiger partial charge in [-0.15, -0.1) is 0 Å². The van der Waals surface area contributed by atoms with Crippen molar-refractivity contribution >= 4 is 15.9 Å². The maximum Gasteiger partial charge on any atom is 0.254 e. The van der Waals surface area contributed by atoms with Crippen molar-refractivity contribution in [2.24, 2.45) is 0 Å². The first-order valence-corrected chi connectivity index (χ1v) is 10.9. The lowest BCUT2D eigenvalue weighted by atomic mass is 9.98. The zero-order chi connectivity index (χ0) is 19.0. The largest absolute Gasteiger partial charge is 0.334 e. The van der Waals surface area contributed by atoms with Crippen molar-refractivity contribution < 1.29 is 13.2 Å². The molecular formula is C21H24N2O3S. The summed E-state index contributed by atoms with van der Waals surface area (Å²) in [7, 11) is -3.53. The van der Waals surface area contributed by atoms with Gasteiger partial charge in [-0.25, -0.2) is 8.42 Å². The van der Waals surface area contributed by atoms with E-state index in [-0.39, 0.29) is 10.8 Å². The second-order valence-electron chi connectivity index (χ2n) is 7.33. The van der Waals surface area contributed by atoms with E-state index in [4.69, 9.17) is 0 Å². The Balaban J connectivity index is 1.63. The lowest BCUT2D eigenvalue weighted by Crippen LogP contribution is -2.36. The van der Waals surface area contributed by atoms with Crippen molar-refractivity contribution in [3.05, 3.63) is 64.7 Å². The predicted octanol–water partition coefficient (Wildman–Crippen LogP) is 2.98. The normalized spacial score (nSPS) is 17.7. The molecule has 0 radical (unpaired) electrons. The fourth-order valence-corrected chi connectivity index (χ4v) is 5.45. The summed E-state index contributed by atoms with van der Waals surface area (Å²) in [6.07, 6.45) is 2.61. The summed E-state index contributed by atoms with van der Waals surface area (Å²) in [5, 5.41) is 0. The Hall–Kier alpha value is -2.18. The van der Waals surface area contributed by atoms with Crippen molar-refractivity contribution in [1.29, 1.82) is 0 Å². The highest BCUT2D eigenvalue weighted by Gasteiger charge is 2.29. The number of benzene rings is 2. The third kappa shape index (κ3) is 3.39. The molecule has 0 aliphatic carbocycles. The number of carbonyl (C=O) groups excluding carboxylic acids is 1. The highest BCUT2D eigenvalue weighted by molar-refractivity contribution is 7.89. The summed E-state index contributed by atoms with van der Waals surface area (Å²) >= 11 is 0. The average molecular weight is 385 g/mol. The molecule has 0 atom stereocenters. The first-order valence-electron chi connectivity index (χ1n) is 9.44. The van der Waals surface area contributed by atoms with Gasteiger partial charge < -0.3 is 4.90 Å². The van der Waals surface area contributed by atoms with Gasteiger partial charge in [0, 0.05) is 31.7 Å². The first-order chi connectivity index (χ1) is 13.0. The molecule has 0 unspecified atom stereocenters. The Morgan fingerprint density at radius 2 is 1.67 bits per heavy atom. The van der Waals surface area contributed by atoms with Crippen LogP contribution in [-0.2, 0) is 23.0 Å². The molecule has 142 valence electrons. The van der Waals surface area contributed by atoms with Crippen molar-refractivity contribution in [2.75, 3.05) is 19.6 Å². The Morgan fingerprint density at radius 3 is 2.41 bits per heavy atom. The molecule has 5 nitrogen and oxygen atoms in total. The van der Waals surface area contributed by atoms with Crippen LogP contribution in [0.15, 0.2) is 47.4 Å². The highest BCUT2D eigenvalue weighted by atomic mass is 32.2. The molecule has 2 aliphatic heterocycles. The summed E-state index contributed by atoms with van der Waals surface area (Å²) in [4.78, 5) is 15.2. The fourth-order valence-electron chi connectivity index (χ4n) is 3.91. The van der Waals surface area contributed by atoms with E-state index in [2.05, 4.69) is 12.1 Å². The predicted molar refractivity (Wildman–Crippen MR) is 104 cm³/mol. The molecule has 2 aliphatic rings. The second-order valence-corrected chi connectivity index (χ2v) is 9.27. The van der Waals surface area contributed by atoms with E-state index < -0.39 is 10.0 Å². The van der Waals surface area contributed by atoms with Gasteiger partial charge in [0.05, 0.1) is 4.90 Å². The van der Waals surface area contributed by atoms with Crippen LogP contribution in [0, 0.1) is 6.92 Å². The highest BCUT2D eigenvalue weighted by Crippen LogP contribution is 2.25. The maximum absolute atomic E-state index is 13.1. The van der Waals surface area contributed by atoms with Crippen LogP contribution in [0.5, 0.6) is 0 Å². The Bertz CT molecular complexity index is 979. The van der Waals surface area contributed by atoms with E-state index >= 15 is 0 Å². The Labute approximate surface area is 160 Å². The summed E-state index contributed by atoms with van der Waals surface area (Å²) < 4.78 is 27.2. The molecule has 0 N–H and O–H groups in total. The van der Waals surface area contributed by atoms with E-state index in [1.807, 2.05) is 24.0 Å². The van der Waals surface area contributed by atoms with E-state index in [0.29, 0.717) is 31.7 Å². The minimum atomic E-state index is -3.53. The van der Waals surface area contributed by atoms with Crippen LogP contribution >= 0.6 is 0 Å². The number of aryl methyl sites for hydroxylation is 1. The van der Waals surface area contributed by atoms with Gasteiger partial charge in [-0.2, -0.15) is 4.31 Å². The maximum atomic E-state index is 13.1. The third-order valence-corrected chi connectivity index (χ3v) is 7.45. The number of hydrogen-bond donors (Lipinski definition) is 0. The molecule has 2 aromatic rings. The van der Waals surface area contributed by atoms with Gasteiger partial charge in [0.15, 0.2) is 0 Å². The second kappa shape index (κ2) is 7.09. The van der Waals surface area contributed by atoms with Gasteiger partial charge in [-0.05, 0) is 55.0 Å². The Morgan fingerprint density at radius 1 is 0.963 bits per heavy atom. The van der Waals surface area contributed by atoms with Crippen LogP contribution in [0.3, 0.4) is 0 Å². The molecular weight excluding hydrogens is 360 g/mol. The van der Waals surface area contributed by atoms with Gasteiger partial charge in [-0.1, -0.05) is 30.3 Å². The molecule has 0 bridgehead atoms. The standard InChI is InChI=1S/C21H24N2O3S/c1-16-8-9-19(27(25,26)23-11-4-5-12-23)14-20(16)21(24)22-13-10-17-6-2-3-7-18(17)15-22/h2-3,6-9,14H,4-5,10-13,15H2,1H3. The molecule has 27 heavy (non-hydrogen) atoms. The number of nitrogens with zero attached hydrogens (tertiary/aromatic N) is 2. The number of hydrogen-bond acceptors (Lipinski definition) is 3. The number of carbonyl (C=O) groups is 1. The van der Waals surface area contributed by atoms with Crippen LogP contribution in [0.2, 0.25) is 0 Å². The lowest BCUT2D eigenvalue weighted by molar-refractivity contribution is 0.0733. The van der Waals surface area contributed by atoms with Crippen molar-refractivity contribution in [2.45, 2.75) is 37.6 Å². The monoisotopic (exact) mass is 384 g/mol. The van der Waals surface area contributed by atoms with Gasteiger partial charge >= 0.3 is 0 Å². The minimum absolute atomic E-state index is 0.0968. The van der Waals surface area contributed by atoms with Gasteiger partial charge in [0.2, 0.25) is 10.0 Å². The zero-order valence-electron chi connectivity index (χ0n) is 15.5. The van der Waals surface area contributed by atoms with E-state index in [0.717, 1.165) is 30.4 Å². The summed E-state index contributed by atoms with van der Waals surface area (Å²) in [5.74, 6) is -0.0968. The number of sulfonamides is 1. The van der Waals surface area contributed by atoms with Crippen molar-refractivity contribution in [3.8, 4) is 0 Å². The molecule has 0 saturated carbocycles. The molecule has 1 saturated heterocycles. The van der Waals surface area contributed by atoms with Gasteiger partial charge in [0.1, 0.15) is 0 Å². The molecule has 2 heterocycles. The summed E-state index contributed by atoms with van der Waals surface area (Å²) in [5.41, 5.74) is 3.73. The summed E-state index contributed by atoms with van der Waals surface area (Å²) in [6.45, 7) is 4.19. The Kier molecular flexibility index (Phi) is 4.78. The number of amides is 1.